The third kappa shape index (κ3) is 3.96. The van der Waals surface area contributed by atoms with Gasteiger partial charge in [0.15, 0.2) is 0 Å². The summed E-state index contributed by atoms with van der Waals surface area (Å²) >= 11 is 6.06. The molecule has 2 aromatic carbocycles. The van der Waals surface area contributed by atoms with Crippen molar-refractivity contribution in [1.82, 2.24) is 9.78 Å². The zero-order valence-electron chi connectivity index (χ0n) is 14.6. The summed E-state index contributed by atoms with van der Waals surface area (Å²) in [5, 5.41) is 13.2. The molecule has 0 aliphatic heterocycles. The van der Waals surface area contributed by atoms with Crippen LogP contribution < -0.4 is 0 Å². The van der Waals surface area contributed by atoms with Gasteiger partial charge in [-0.05, 0) is 35.7 Å². The van der Waals surface area contributed by atoms with Crippen LogP contribution in [-0.2, 0) is 23.9 Å². The number of rotatable bonds is 5. The van der Waals surface area contributed by atoms with Crippen molar-refractivity contribution in [3.63, 3.8) is 0 Å². The highest BCUT2D eigenvalue weighted by atomic mass is 35.5. The van der Waals surface area contributed by atoms with Gasteiger partial charge in [0.05, 0.1) is 17.1 Å². The van der Waals surface area contributed by atoms with Crippen LogP contribution in [0.1, 0.15) is 23.7 Å². The van der Waals surface area contributed by atoms with E-state index in [1.54, 1.807) is 6.07 Å². The number of carbonyl (C=O) groups is 1. The molecule has 0 saturated heterocycles. The predicted octanol–water partition coefficient (Wildman–Crippen LogP) is 5.16. The highest BCUT2D eigenvalue weighted by Gasteiger charge is 2.35. The van der Waals surface area contributed by atoms with Gasteiger partial charge in [-0.15, -0.1) is 13.2 Å². The molecule has 3 aromatic rings. The van der Waals surface area contributed by atoms with Crippen molar-refractivity contribution in [3.05, 3.63) is 64.1 Å². The molecule has 0 amide bonds. The van der Waals surface area contributed by atoms with Crippen molar-refractivity contribution in [1.29, 1.82) is 0 Å². The van der Waals surface area contributed by atoms with E-state index in [-0.39, 0.29) is 39.1 Å². The van der Waals surface area contributed by atoms with Gasteiger partial charge in [0, 0.05) is 16.8 Å². The van der Waals surface area contributed by atoms with Crippen molar-refractivity contribution < 1.29 is 27.5 Å². The average molecular weight is 415 g/mol. The number of alkyl halides is 3. The summed E-state index contributed by atoms with van der Waals surface area (Å²) in [7, 11) is 0. The summed E-state index contributed by atoms with van der Waals surface area (Å²) < 4.78 is 53.5. The second kappa shape index (κ2) is 7.43. The van der Waals surface area contributed by atoms with E-state index in [0.717, 1.165) is 6.07 Å². The number of carboxylic acids is 1. The van der Waals surface area contributed by atoms with Crippen LogP contribution in [0.2, 0.25) is 5.02 Å². The molecule has 0 fully saturated rings. The Morgan fingerprint density at radius 1 is 1.25 bits per heavy atom. The first-order chi connectivity index (χ1) is 13.1. The number of benzene rings is 2. The minimum absolute atomic E-state index is 0.0380. The summed E-state index contributed by atoms with van der Waals surface area (Å²) in [5.74, 6) is -2.57. The van der Waals surface area contributed by atoms with Gasteiger partial charge < -0.3 is 5.11 Å². The zero-order valence-corrected chi connectivity index (χ0v) is 15.4. The fourth-order valence-corrected chi connectivity index (χ4v) is 3.29. The van der Waals surface area contributed by atoms with Crippen LogP contribution >= 0.6 is 11.6 Å². The Balaban J connectivity index is 2.17. The van der Waals surface area contributed by atoms with Gasteiger partial charge >= 0.3 is 12.3 Å². The molecule has 0 spiro atoms. The highest BCUT2D eigenvalue weighted by molar-refractivity contribution is 6.31. The van der Waals surface area contributed by atoms with E-state index in [4.69, 9.17) is 16.7 Å². The van der Waals surface area contributed by atoms with Gasteiger partial charge in [-0.1, -0.05) is 36.7 Å². The molecule has 4 nitrogen and oxygen atoms in total. The lowest BCUT2D eigenvalue weighted by molar-refractivity contribution is -0.209. The summed E-state index contributed by atoms with van der Waals surface area (Å²) in [4.78, 5) is 11.2. The predicted molar refractivity (Wildman–Crippen MR) is 95.8 cm³/mol. The fraction of sp³-hybridized carbons (Fsp3) is 0.263. The molecule has 9 heteroatoms. The van der Waals surface area contributed by atoms with Crippen molar-refractivity contribution >= 4 is 28.5 Å². The van der Waals surface area contributed by atoms with Crippen LogP contribution in [0.25, 0.3) is 10.9 Å². The van der Waals surface area contributed by atoms with E-state index in [2.05, 4.69) is 5.10 Å². The lowest BCUT2D eigenvalue weighted by Crippen LogP contribution is -2.19. The number of aliphatic carboxylic acids is 1. The zero-order chi connectivity index (χ0) is 20.6. The van der Waals surface area contributed by atoms with Crippen LogP contribution in [0, 0.1) is 11.7 Å². The van der Waals surface area contributed by atoms with Crippen LogP contribution in [0.4, 0.5) is 17.6 Å². The maximum atomic E-state index is 13.4. The molecule has 1 unspecified atom stereocenters. The van der Waals surface area contributed by atoms with E-state index in [9.17, 15) is 22.4 Å². The SMILES string of the molecule is CC(Cc1nn(C(F)(F)F)c2cccc(Cc3ccc(F)cc3Cl)c12)C(=O)O. The van der Waals surface area contributed by atoms with Crippen LogP contribution in [0.3, 0.4) is 0 Å². The normalized spacial score (nSPS) is 13.1. The monoisotopic (exact) mass is 414 g/mol. The minimum Gasteiger partial charge on any atom is -0.481 e. The lowest BCUT2D eigenvalue weighted by atomic mass is 9.96. The molecule has 28 heavy (non-hydrogen) atoms. The van der Waals surface area contributed by atoms with E-state index < -0.39 is 24.0 Å². The van der Waals surface area contributed by atoms with Crippen LogP contribution in [0.5, 0.6) is 0 Å². The Labute approximate surface area is 162 Å². The Hall–Kier alpha value is -2.61. The fourth-order valence-electron chi connectivity index (χ4n) is 3.05. The Morgan fingerprint density at radius 2 is 1.96 bits per heavy atom. The first kappa shape index (κ1) is 20.1. The molecular weight excluding hydrogens is 400 g/mol. The number of hydrogen-bond acceptors (Lipinski definition) is 2. The molecule has 1 heterocycles. The molecule has 0 saturated carbocycles. The average Bonchev–Trinajstić information content (AvgIpc) is 2.97. The molecule has 0 bridgehead atoms. The van der Waals surface area contributed by atoms with Crippen molar-refractivity contribution in [2.24, 2.45) is 5.92 Å². The molecule has 0 radical (unpaired) electrons. The topological polar surface area (TPSA) is 55.1 Å². The molecule has 0 aliphatic carbocycles. The Morgan fingerprint density at radius 3 is 2.57 bits per heavy atom. The Kier molecular flexibility index (Phi) is 5.34. The number of nitrogens with zero attached hydrogens (tertiary/aromatic N) is 2. The summed E-state index contributed by atoms with van der Waals surface area (Å²) in [5.41, 5.74) is 0.897. The molecule has 1 N–H and O–H groups in total. The smallest absolute Gasteiger partial charge is 0.481 e. The third-order valence-electron chi connectivity index (χ3n) is 4.42. The van der Waals surface area contributed by atoms with E-state index in [1.165, 1.54) is 31.2 Å². The summed E-state index contributed by atoms with van der Waals surface area (Å²) in [6.45, 7) is 1.40. The molecule has 1 atom stereocenters. The van der Waals surface area contributed by atoms with Gasteiger partial charge in [-0.2, -0.15) is 9.78 Å². The van der Waals surface area contributed by atoms with Crippen molar-refractivity contribution in [2.75, 3.05) is 0 Å². The summed E-state index contributed by atoms with van der Waals surface area (Å²) in [6, 6.07) is 8.17. The van der Waals surface area contributed by atoms with E-state index >= 15 is 0 Å². The van der Waals surface area contributed by atoms with E-state index in [1.807, 2.05) is 0 Å². The first-order valence-corrected chi connectivity index (χ1v) is 8.69. The molecule has 0 aliphatic rings. The number of hydrogen-bond donors (Lipinski definition) is 1. The summed E-state index contributed by atoms with van der Waals surface area (Å²) in [6.07, 6.45) is -4.77. The number of fused-ring (bicyclic) bond motifs is 1. The third-order valence-corrected chi connectivity index (χ3v) is 4.78. The second-order valence-corrected chi connectivity index (χ2v) is 6.90. The molecule has 148 valence electrons. The molecular formula is C19H15ClF4N2O2. The highest BCUT2D eigenvalue weighted by Crippen LogP contribution is 2.33. The second-order valence-electron chi connectivity index (χ2n) is 6.49. The molecule has 1 aromatic heterocycles. The first-order valence-electron chi connectivity index (χ1n) is 8.31. The van der Waals surface area contributed by atoms with Gasteiger partial charge in [-0.3, -0.25) is 4.79 Å². The molecule has 3 rings (SSSR count). The van der Waals surface area contributed by atoms with Crippen LogP contribution in [-0.4, -0.2) is 20.9 Å². The van der Waals surface area contributed by atoms with Gasteiger partial charge in [0.25, 0.3) is 0 Å². The van der Waals surface area contributed by atoms with Gasteiger partial charge in [0.1, 0.15) is 5.82 Å². The largest absolute Gasteiger partial charge is 0.505 e. The Bertz CT molecular complexity index is 1050. The van der Waals surface area contributed by atoms with E-state index in [0.29, 0.717) is 11.1 Å². The van der Waals surface area contributed by atoms with Crippen LogP contribution in [0.15, 0.2) is 36.4 Å². The number of carboxylic acid groups (broad SMARTS) is 1. The quantitative estimate of drug-likeness (QED) is 0.587. The number of halogens is 5. The standard InChI is InChI=1S/C19H15ClF4N2O2/c1-10(18(27)28)7-15-17-12(8-11-5-6-13(21)9-14(11)20)3-2-4-16(17)26(25-15)19(22,23)24/h2-6,9-10H,7-8H2,1H3,(H,27,28). The maximum absolute atomic E-state index is 13.4. The van der Waals surface area contributed by atoms with Gasteiger partial charge in [0.2, 0.25) is 0 Å². The van der Waals surface area contributed by atoms with Crippen molar-refractivity contribution in [2.45, 2.75) is 26.1 Å². The van der Waals surface area contributed by atoms with Gasteiger partial charge in [-0.25, -0.2) is 4.39 Å². The lowest BCUT2D eigenvalue weighted by Gasteiger charge is -2.09. The minimum atomic E-state index is -4.75. The maximum Gasteiger partial charge on any atom is 0.505 e. The van der Waals surface area contributed by atoms with Crippen molar-refractivity contribution in [3.8, 4) is 0 Å². The number of aromatic nitrogens is 2.